The monoisotopic (exact) mass is 318 g/mol. The Kier molecular flexibility index (Phi) is 4.73. The van der Waals surface area contributed by atoms with Crippen LogP contribution in [0.5, 0.6) is 0 Å². The molecule has 0 aliphatic heterocycles. The van der Waals surface area contributed by atoms with Crippen LogP contribution in [-0.2, 0) is 5.75 Å². The van der Waals surface area contributed by atoms with Gasteiger partial charge in [0.05, 0.1) is 15.8 Å². The third-order valence-electron chi connectivity index (χ3n) is 2.13. The van der Waals surface area contributed by atoms with E-state index in [1.807, 2.05) is 19.1 Å². The first-order chi connectivity index (χ1) is 8.54. The van der Waals surface area contributed by atoms with Gasteiger partial charge in [-0.25, -0.2) is 9.97 Å². The molecule has 0 radical (unpaired) electrons. The first-order valence-corrected chi connectivity index (χ1v) is 7.24. The average molecular weight is 320 g/mol. The maximum absolute atomic E-state index is 5.95. The normalized spacial score (nSPS) is 10.7. The summed E-state index contributed by atoms with van der Waals surface area (Å²) in [4.78, 5) is 9.50. The second-order valence-corrected chi connectivity index (χ2v) is 5.86. The Morgan fingerprint density at radius 2 is 1.83 bits per heavy atom. The molecule has 2 rings (SSSR count). The van der Waals surface area contributed by atoms with Crippen LogP contribution in [0, 0.1) is 6.92 Å². The standard InChI is InChI=1S/C12H9Cl3N2S/c1-7-4-11(15)17-12(16-7)6-18-8-2-3-9(13)10(14)5-8/h2-5H,6H2,1H3. The highest BCUT2D eigenvalue weighted by Crippen LogP contribution is 2.29. The molecular weight excluding hydrogens is 311 g/mol. The van der Waals surface area contributed by atoms with Crippen LogP contribution < -0.4 is 0 Å². The molecule has 0 N–H and O–H groups in total. The molecule has 0 unspecified atom stereocenters. The van der Waals surface area contributed by atoms with Crippen molar-refractivity contribution in [2.75, 3.05) is 0 Å². The smallest absolute Gasteiger partial charge is 0.140 e. The highest BCUT2D eigenvalue weighted by atomic mass is 35.5. The Balaban J connectivity index is 2.08. The first kappa shape index (κ1) is 13.9. The molecule has 94 valence electrons. The van der Waals surface area contributed by atoms with Crippen molar-refractivity contribution in [1.82, 2.24) is 9.97 Å². The topological polar surface area (TPSA) is 25.8 Å². The van der Waals surface area contributed by atoms with Gasteiger partial charge in [-0.15, -0.1) is 11.8 Å². The maximum Gasteiger partial charge on any atom is 0.140 e. The van der Waals surface area contributed by atoms with Crippen LogP contribution in [-0.4, -0.2) is 9.97 Å². The molecule has 0 amide bonds. The lowest BCUT2D eigenvalue weighted by Crippen LogP contribution is -1.95. The number of nitrogens with zero attached hydrogens (tertiary/aromatic N) is 2. The van der Waals surface area contributed by atoms with Gasteiger partial charge < -0.3 is 0 Å². The SMILES string of the molecule is Cc1cc(Cl)nc(CSc2ccc(Cl)c(Cl)c2)n1. The lowest BCUT2D eigenvalue weighted by atomic mass is 10.4. The van der Waals surface area contributed by atoms with Crippen LogP contribution in [0.3, 0.4) is 0 Å². The largest absolute Gasteiger partial charge is 0.237 e. The molecule has 0 aliphatic rings. The minimum absolute atomic E-state index is 0.465. The Bertz CT molecular complexity index is 555. The zero-order chi connectivity index (χ0) is 13.1. The van der Waals surface area contributed by atoms with E-state index in [4.69, 9.17) is 34.8 Å². The molecule has 0 fully saturated rings. The van der Waals surface area contributed by atoms with Gasteiger partial charge in [0, 0.05) is 10.6 Å². The predicted molar refractivity (Wildman–Crippen MR) is 77.8 cm³/mol. The first-order valence-electron chi connectivity index (χ1n) is 5.12. The summed E-state index contributed by atoms with van der Waals surface area (Å²) in [7, 11) is 0. The highest BCUT2D eigenvalue weighted by Gasteiger charge is 2.04. The maximum atomic E-state index is 5.95. The molecule has 1 heterocycles. The third kappa shape index (κ3) is 3.75. The number of thioether (sulfide) groups is 1. The van der Waals surface area contributed by atoms with E-state index < -0.39 is 0 Å². The average Bonchev–Trinajstić information content (AvgIpc) is 2.29. The van der Waals surface area contributed by atoms with E-state index in [-0.39, 0.29) is 0 Å². The minimum Gasteiger partial charge on any atom is -0.237 e. The number of aryl methyl sites for hydroxylation is 1. The van der Waals surface area contributed by atoms with Gasteiger partial charge in [0.1, 0.15) is 11.0 Å². The molecule has 0 aliphatic carbocycles. The van der Waals surface area contributed by atoms with Gasteiger partial charge >= 0.3 is 0 Å². The Labute approximate surface area is 125 Å². The van der Waals surface area contributed by atoms with Crippen molar-refractivity contribution in [1.29, 1.82) is 0 Å². The molecular formula is C12H9Cl3N2S. The van der Waals surface area contributed by atoms with Crippen molar-refractivity contribution < 1.29 is 0 Å². The molecule has 2 aromatic rings. The fraction of sp³-hybridized carbons (Fsp3) is 0.167. The number of halogens is 3. The number of rotatable bonds is 3. The molecule has 6 heteroatoms. The Morgan fingerprint density at radius 1 is 1.06 bits per heavy atom. The quantitative estimate of drug-likeness (QED) is 0.585. The zero-order valence-corrected chi connectivity index (χ0v) is 12.5. The summed E-state index contributed by atoms with van der Waals surface area (Å²) in [6.07, 6.45) is 0. The molecule has 0 spiro atoms. The van der Waals surface area contributed by atoms with Crippen molar-refractivity contribution >= 4 is 46.6 Å². The lowest BCUT2D eigenvalue weighted by molar-refractivity contribution is 0.996. The molecule has 0 bridgehead atoms. The number of aromatic nitrogens is 2. The molecule has 0 atom stereocenters. The van der Waals surface area contributed by atoms with Gasteiger partial charge in [-0.05, 0) is 31.2 Å². The van der Waals surface area contributed by atoms with Crippen molar-refractivity contribution in [3.63, 3.8) is 0 Å². The summed E-state index contributed by atoms with van der Waals surface area (Å²) in [5.74, 6) is 1.34. The van der Waals surface area contributed by atoms with Crippen LogP contribution in [0.4, 0.5) is 0 Å². The summed E-state index contributed by atoms with van der Waals surface area (Å²) in [5.41, 5.74) is 0.861. The van der Waals surface area contributed by atoms with Crippen LogP contribution >= 0.6 is 46.6 Å². The van der Waals surface area contributed by atoms with E-state index in [1.165, 1.54) is 0 Å². The fourth-order valence-corrected chi connectivity index (χ4v) is 2.78. The second-order valence-electron chi connectivity index (χ2n) is 3.61. The van der Waals surface area contributed by atoms with Crippen LogP contribution in [0.2, 0.25) is 15.2 Å². The fourth-order valence-electron chi connectivity index (χ4n) is 1.37. The van der Waals surface area contributed by atoms with Crippen LogP contribution in [0.25, 0.3) is 0 Å². The lowest BCUT2D eigenvalue weighted by Gasteiger charge is -2.04. The Hall–Kier alpha value is -0.480. The summed E-state index contributed by atoms with van der Waals surface area (Å²) in [6, 6.07) is 7.24. The van der Waals surface area contributed by atoms with Crippen molar-refractivity contribution in [3.8, 4) is 0 Å². The van der Waals surface area contributed by atoms with Gasteiger partial charge in [0.15, 0.2) is 0 Å². The van der Waals surface area contributed by atoms with Crippen LogP contribution in [0.15, 0.2) is 29.2 Å². The summed E-state index contributed by atoms with van der Waals surface area (Å²) in [6.45, 7) is 1.89. The van der Waals surface area contributed by atoms with Gasteiger partial charge in [-0.3, -0.25) is 0 Å². The van der Waals surface area contributed by atoms with Gasteiger partial charge in [0.2, 0.25) is 0 Å². The molecule has 1 aromatic carbocycles. The molecule has 0 saturated carbocycles. The third-order valence-corrected chi connectivity index (χ3v) is 4.05. The molecule has 0 saturated heterocycles. The van der Waals surface area contributed by atoms with Gasteiger partial charge in [-0.1, -0.05) is 34.8 Å². The van der Waals surface area contributed by atoms with Crippen LogP contribution in [0.1, 0.15) is 11.5 Å². The predicted octanol–water partition coefficient (Wildman–Crippen LogP) is 5.04. The minimum atomic E-state index is 0.465. The highest BCUT2D eigenvalue weighted by molar-refractivity contribution is 7.98. The van der Waals surface area contributed by atoms with Gasteiger partial charge in [-0.2, -0.15) is 0 Å². The second kappa shape index (κ2) is 6.11. The van der Waals surface area contributed by atoms with Crippen molar-refractivity contribution in [3.05, 3.63) is 51.0 Å². The van der Waals surface area contributed by atoms with E-state index in [2.05, 4.69) is 9.97 Å². The molecule has 1 aromatic heterocycles. The van der Waals surface area contributed by atoms with Crippen molar-refractivity contribution in [2.45, 2.75) is 17.6 Å². The number of hydrogen-bond donors (Lipinski definition) is 0. The zero-order valence-electron chi connectivity index (χ0n) is 9.45. The van der Waals surface area contributed by atoms with Gasteiger partial charge in [0.25, 0.3) is 0 Å². The van der Waals surface area contributed by atoms with E-state index in [1.54, 1.807) is 23.9 Å². The summed E-state index contributed by atoms with van der Waals surface area (Å²) >= 11 is 19.3. The van der Waals surface area contributed by atoms with Crippen molar-refractivity contribution in [2.24, 2.45) is 0 Å². The number of hydrogen-bond acceptors (Lipinski definition) is 3. The summed E-state index contributed by atoms with van der Waals surface area (Å²) < 4.78 is 0. The van der Waals surface area contributed by atoms with E-state index in [0.29, 0.717) is 26.8 Å². The Morgan fingerprint density at radius 3 is 2.50 bits per heavy atom. The summed E-state index contributed by atoms with van der Waals surface area (Å²) in [5, 5.41) is 1.56. The molecule has 18 heavy (non-hydrogen) atoms. The van der Waals surface area contributed by atoms with E-state index in [9.17, 15) is 0 Å². The van der Waals surface area contributed by atoms with E-state index in [0.717, 1.165) is 10.6 Å². The molecule has 2 nitrogen and oxygen atoms in total. The van der Waals surface area contributed by atoms with E-state index >= 15 is 0 Å². The number of benzene rings is 1.